The van der Waals surface area contributed by atoms with Crippen molar-refractivity contribution < 1.29 is 27.6 Å². The molecule has 1 aliphatic heterocycles. The second-order valence-electron chi connectivity index (χ2n) is 8.96. The number of nitrogens with zero attached hydrogens (tertiary/aromatic N) is 1. The SMILES string of the molecule is NC(=O)[C@@H](c1ccccc1)[C@@H](CCC(F)(F)F)C(=O)NC1N=C(c2ccccc2)c2cccc(Cl)c2NC1=O. The Morgan fingerprint density at radius 2 is 1.64 bits per heavy atom. The lowest BCUT2D eigenvalue weighted by Gasteiger charge is -2.26. The summed E-state index contributed by atoms with van der Waals surface area (Å²) in [5.74, 6) is -5.59. The molecule has 3 atom stereocenters. The standard InChI is InChI=1S/C28H24ClF3N4O3/c29-20-13-7-12-19-22(17-10-5-2-6-11-17)34-25(27(39)35-23(19)20)36-26(38)18(14-15-28(30,31)32)21(24(33)37)16-8-3-1-4-9-16/h1-13,18,21,25H,14-15H2,(H2,33,37)(H,35,39)(H,36,38)/t18-,21+,25?/m1/s1. The fraction of sp³-hybridized carbons (Fsp3) is 0.214. The monoisotopic (exact) mass is 556 g/mol. The predicted molar refractivity (Wildman–Crippen MR) is 141 cm³/mol. The molecule has 39 heavy (non-hydrogen) atoms. The molecule has 0 spiro atoms. The summed E-state index contributed by atoms with van der Waals surface area (Å²) in [6, 6.07) is 21.6. The van der Waals surface area contributed by atoms with E-state index in [0.29, 0.717) is 16.8 Å². The van der Waals surface area contributed by atoms with Crippen LogP contribution in [0.15, 0.2) is 83.9 Å². The number of fused-ring (bicyclic) bond motifs is 1. The van der Waals surface area contributed by atoms with Gasteiger partial charge >= 0.3 is 6.18 Å². The van der Waals surface area contributed by atoms with Crippen LogP contribution in [0.4, 0.5) is 18.9 Å². The summed E-state index contributed by atoms with van der Waals surface area (Å²) in [5, 5.41) is 5.33. The van der Waals surface area contributed by atoms with Crippen LogP contribution >= 0.6 is 11.6 Å². The van der Waals surface area contributed by atoms with E-state index in [1.807, 2.05) is 0 Å². The van der Waals surface area contributed by atoms with Gasteiger partial charge in [-0.2, -0.15) is 13.2 Å². The number of aliphatic imine (C=N–C) groups is 1. The molecule has 0 fully saturated rings. The molecular formula is C28H24ClF3N4O3. The fourth-order valence-corrected chi connectivity index (χ4v) is 4.71. The second-order valence-corrected chi connectivity index (χ2v) is 9.36. The summed E-state index contributed by atoms with van der Waals surface area (Å²) in [4.78, 5) is 43.7. The number of rotatable bonds is 8. The molecule has 0 bridgehead atoms. The highest BCUT2D eigenvalue weighted by molar-refractivity contribution is 6.36. The molecule has 3 aromatic rings. The van der Waals surface area contributed by atoms with Gasteiger partial charge in [0.2, 0.25) is 18.0 Å². The Morgan fingerprint density at radius 1 is 1.00 bits per heavy atom. The average molecular weight is 557 g/mol. The van der Waals surface area contributed by atoms with Gasteiger partial charge in [0, 0.05) is 17.5 Å². The Bertz CT molecular complexity index is 1400. The number of benzene rings is 3. The lowest BCUT2D eigenvalue weighted by Crippen LogP contribution is -2.47. The molecule has 4 rings (SSSR count). The minimum atomic E-state index is -4.59. The van der Waals surface area contributed by atoms with Crippen LogP contribution in [0.25, 0.3) is 0 Å². The van der Waals surface area contributed by atoms with E-state index >= 15 is 0 Å². The van der Waals surface area contributed by atoms with E-state index in [9.17, 15) is 27.6 Å². The highest BCUT2D eigenvalue weighted by Gasteiger charge is 2.39. The topological polar surface area (TPSA) is 114 Å². The summed E-state index contributed by atoms with van der Waals surface area (Å²) in [7, 11) is 0. The third kappa shape index (κ3) is 6.64. The highest BCUT2D eigenvalue weighted by Crippen LogP contribution is 2.34. The predicted octanol–water partition coefficient (Wildman–Crippen LogP) is 4.80. The number of carbonyl (C=O) groups is 3. The number of nitrogens with one attached hydrogen (secondary N) is 2. The number of nitrogens with two attached hydrogens (primary N) is 1. The van der Waals surface area contributed by atoms with E-state index in [2.05, 4.69) is 15.6 Å². The number of amides is 3. The summed E-state index contributed by atoms with van der Waals surface area (Å²) < 4.78 is 39.6. The lowest BCUT2D eigenvalue weighted by atomic mass is 9.81. The Kier molecular flexibility index (Phi) is 8.35. The van der Waals surface area contributed by atoms with Crippen LogP contribution in [0.5, 0.6) is 0 Å². The smallest absolute Gasteiger partial charge is 0.369 e. The zero-order chi connectivity index (χ0) is 28.2. The third-order valence-electron chi connectivity index (χ3n) is 6.29. The molecule has 1 aliphatic rings. The van der Waals surface area contributed by atoms with E-state index in [-0.39, 0.29) is 16.3 Å². The van der Waals surface area contributed by atoms with E-state index in [0.717, 1.165) is 0 Å². The maximum absolute atomic E-state index is 13.5. The molecule has 0 radical (unpaired) electrons. The van der Waals surface area contributed by atoms with Gasteiger partial charge in [-0.1, -0.05) is 84.4 Å². The molecule has 0 aromatic heterocycles. The maximum Gasteiger partial charge on any atom is 0.389 e. The van der Waals surface area contributed by atoms with Crippen LogP contribution in [-0.4, -0.2) is 35.8 Å². The van der Waals surface area contributed by atoms with E-state index in [1.54, 1.807) is 66.7 Å². The van der Waals surface area contributed by atoms with Crippen molar-refractivity contribution >= 4 is 40.7 Å². The van der Waals surface area contributed by atoms with Gasteiger partial charge in [0.05, 0.1) is 28.3 Å². The van der Waals surface area contributed by atoms with Crippen molar-refractivity contribution in [3.8, 4) is 0 Å². The van der Waals surface area contributed by atoms with Crippen LogP contribution in [0.3, 0.4) is 0 Å². The number of alkyl halides is 3. The summed E-state index contributed by atoms with van der Waals surface area (Å²) in [5.41, 5.74) is 7.58. The van der Waals surface area contributed by atoms with Crippen molar-refractivity contribution in [2.75, 3.05) is 5.32 Å². The fourth-order valence-electron chi connectivity index (χ4n) is 4.49. The molecule has 202 valence electrons. The normalized spacial score (nSPS) is 16.7. The van der Waals surface area contributed by atoms with Gasteiger partial charge in [0.25, 0.3) is 5.91 Å². The first-order chi connectivity index (χ1) is 18.5. The van der Waals surface area contributed by atoms with Gasteiger partial charge in [-0.25, -0.2) is 4.99 Å². The zero-order valence-corrected chi connectivity index (χ0v) is 21.2. The number of benzodiazepines with no additional fused rings is 1. The first kappa shape index (κ1) is 27.8. The zero-order valence-electron chi connectivity index (χ0n) is 20.4. The number of hydrogen-bond donors (Lipinski definition) is 3. The minimum Gasteiger partial charge on any atom is -0.369 e. The van der Waals surface area contributed by atoms with Crippen LogP contribution in [0.2, 0.25) is 5.02 Å². The number of carbonyl (C=O) groups excluding carboxylic acids is 3. The summed E-state index contributed by atoms with van der Waals surface area (Å²) in [6.07, 6.45) is -8.19. The lowest BCUT2D eigenvalue weighted by molar-refractivity contribution is -0.144. The average Bonchev–Trinajstić information content (AvgIpc) is 3.04. The Hall–Kier alpha value is -4.18. The Balaban J connectivity index is 1.73. The van der Waals surface area contributed by atoms with Gasteiger partial charge in [0.15, 0.2) is 0 Å². The van der Waals surface area contributed by atoms with Gasteiger partial charge in [-0.05, 0) is 18.1 Å². The van der Waals surface area contributed by atoms with Crippen molar-refractivity contribution in [3.05, 3.63) is 101 Å². The number of hydrogen-bond acceptors (Lipinski definition) is 4. The van der Waals surface area contributed by atoms with Crippen LogP contribution in [-0.2, 0) is 14.4 Å². The Morgan fingerprint density at radius 3 is 2.26 bits per heavy atom. The molecule has 7 nitrogen and oxygen atoms in total. The van der Waals surface area contributed by atoms with Crippen molar-refractivity contribution in [1.29, 1.82) is 0 Å². The Labute approximate surface area is 227 Å². The van der Waals surface area contributed by atoms with Crippen molar-refractivity contribution in [3.63, 3.8) is 0 Å². The molecule has 1 heterocycles. The van der Waals surface area contributed by atoms with Crippen LogP contribution < -0.4 is 16.4 Å². The molecule has 11 heteroatoms. The molecule has 1 unspecified atom stereocenters. The number of halogens is 4. The molecule has 3 aromatic carbocycles. The first-order valence-corrected chi connectivity index (χ1v) is 12.4. The molecule has 3 amide bonds. The van der Waals surface area contributed by atoms with Crippen LogP contribution in [0, 0.1) is 5.92 Å². The van der Waals surface area contributed by atoms with Gasteiger partial charge in [0.1, 0.15) is 0 Å². The number of primary amides is 1. The molecule has 4 N–H and O–H groups in total. The largest absolute Gasteiger partial charge is 0.389 e. The highest BCUT2D eigenvalue weighted by atomic mass is 35.5. The maximum atomic E-state index is 13.5. The van der Waals surface area contributed by atoms with Gasteiger partial charge < -0.3 is 16.4 Å². The van der Waals surface area contributed by atoms with E-state index in [4.69, 9.17) is 17.3 Å². The summed E-state index contributed by atoms with van der Waals surface area (Å²) in [6.45, 7) is 0. The van der Waals surface area contributed by atoms with Crippen molar-refractivity contribution in [2.45, 2.75) is 31.1 Å². The van der Waals surface area contributed by atoms with Crippen molar-refractivity contribution in [1.82, 2.24) is 5.32 Å². The van der Waals surface area contributed by atoms with Gasteiger partial charge in [-0.3, -0.25) is 14.4 Å². The third-order valence-corrected chi connectivity index (χ3v) is 6.61. The minimum absolute atomic E-state index is 0.234. The summed E-state index contributed by atoms with van der Waals surface area (Å²) >= 11 is 6.35. The quantitative estimate of drug-likeness (QED) is 0.370. The first-order valence-electron chi connectivity index (χ1n) is 12.0. The molecule has 0 saturated heterocycles. The van der Waals surface area contributed by atoms with Gasteiger partial charge in [-0.15, -0.1) is 0 Å². The molecular weight excluding hydrogens is 533 g/mol. The number of para-hydroxylation sites is 1. The second kappa shape index (κ2) is 11.7. The molecule has 0 aliphatic carbocycles. The van der Waals surface area contributed by atoms with Crippen molar-refractivity contribution in [2.24, 2.45) is 16.6 Å². The van der Waals surface area contributed by atoms with E-state index < -0.39 is 54.7 Å². The molecule has 0 saturated carbocycles. The van der Waals surface area contributed by atoms with E-state index in [1.165, 1.54) is 12.1 Å². The van der Waals surface area contributed by atoms with Crippen LogP contribution in [0.1, 0.15) is 35.4 Å². The number of anilines is 1.